The predicted molar refractivity (Wildman–Crippen MR) is 202 cm³/mol. The lowest BCUT2D eigenvalue weighted by molar-refractivity contribution is 0.661. The van der Waals surface area contributed by atoms with Crippen molar-refractivity contribution in [1.82, 2.24) is 15.0 Å². The minimum atomic E-state index is -0.0910. The second-order valence-corrected chi connectivity index (χ2v) is 13.3. The highest BCUT2D eigenvalue weighted by Crippen LogP contribution is 2.52. The van der Waals surface area contributed by atoms with Crippen LogP contribution in [0.3, 0.4) is 0 Å². The number of aromatic nitrogens is 3. The smallest absolute Gasteiger partial charge is 0.160 e. The zero-order valence-electron chi connectivity index (χ0n) is 27.4. The molecule has 0 aliphatic heterocycles. The minimum absolute atomic E-state index is 0.0910. The van der Waals surface area contributed by atoms with Crippen LogP contribution in [0, 0.1) is 0 Å². The van der Waals surface area contributed by atoms with Crippen molar-refractivity contribution in [3.8, 4) is 67.3 Å². The molecule has 0 atom stereocenters. The Labute approximate surface area is 286 Å². The fraction of sp³-hybridized carbons (Fsp3) is 0.0652. The normalized spacial score (nSPS) is 12.9. The first kappa shape index (κ1) is 29.0. The fourth-order valence-corrected chi connectivity index (χ4v) is 7.38. The highest BCUT2D eigenvalue weighted by atomic mass is 14.9. The van der Waals surface area contributed by atoms with Gasteiger partial charge in [-0.05, 0) is 79.5 Å². The first-order valence-electron chi connectivity index (χ1n) is 16.8. The standard InChI is InChI=1S/C46H33N3/c1-46(2)40-22-21-37(28-39(40)44-38-11-7-6-10-34(38)20-23-41(44)46)43-29-42(35-16-12-32(13-17-35)33-24-26-47-27-25-33)48-45(49-43)36-18-14-31(15-19-36)30-8-4-3-5-9-30/h3-29H,1-2H3. The summed E-state index contributed by atoms with van der Waals surface area (Å²) < 4.78 is 0. The van der Waals surface area contributed by atoms with E-state index in [0.717, 1.165) is 39.2 Å². The van der Waals surface area contributed by atoms with Gasteiger partial charge in [0.05, 0.1) is 11.4 Å². The molecule has 0 radical (unpaired) electrons. The molecule has 0 N–H and O–H groups in total. The molecule has 9 rings (SSSR count). The zero-order valence-corrected chi connectivity index (χ0v) is 27.4. The van der Waals surface area contributed by atoms with Gasteiger partial charge in [-0.2, -0.15) is 0 Å². The molecular formula is C46H33N3. The number of nitrogens with zero attached hydrogens (tertiary/aromatic N) is 3. The first-order valence-corrected chi connectivity index (χ1v) is 16.8. The Balaban J connectivity index is 1.19. The van der Waals surface area contributed by atoms with Gasteiger partial charge in [0.1, 0.15) is 0 Å². The maximum absolute atomic E-state index is 5.23. The van der Waals surface area contributed by atoms with Crippen LogP contribution in [0.4, 0.5) is 0 Å². The van der Waals surface area contributed by atoms with E-state index >= 15 is 0 Å². The van der Waals surface area contributed by atoms with Crippen LogP contribution in [0.5, 0.6) is 0 Å². The minimum Gasteiger partial charge on any atom is -0.265 e. The van der Waals surface area contributed by atoms with Gasteiger partial charge in [-0.1, -0.05) is 141 Å². The Morgan fingerprint density at radius 3 is 1.71 bits per heavy atom. The molecule has 0 amide bonds. The van der Waals surface area contributed by atoms with E-state index in [1.54, 1.807) is 0 Å². The van der Waals surface area contributed by atoms with Crippen molar-refractivity contribution in [2.75, 3.05) is 0 Å². The largest absolute Gasteiger partial charge is 0.265 e. The molecule has 0 saturated heterocycles. The monoisotopic (exact) mass is 627 g/mol. The molecule has 2 heterocycles. The molecule has 0 saturated carbocycles. The maximum atomic E-state index is 5.23. The van der Waals surface area contributed by atoms with E-state index in [4.69, 9.17) is 9.97 Å². The lowest BCUT2D eigenvalue weighted by Gasteiger charge is -2.21. The summed E-state index contributed by atoms with van der Waals surface area (Å²) in [5.41, 5.74) is 14.8. The molecule has 2 aromatic heterocycles. The summed E-state index contributed by atoms with van der Waals surface area (Å²) in [7, 11) is 0. The van der Waals surface area contributed by atoms with Crippen LogP contribution >= 0.6 is 0 Å². The van der Waals surface area contributed by atoms with Crippen LogP contribution in [-0.2, 0) is 5.41 Å². The van der Waals surface area contributed by atoms with Gasteiger partial charge in [0.25, 0.3) is 0 Å². The third-order valence-corrected chi connectivity index (χ3v) is 10.0. The number of pyridine rings is 1. The van der Waals surface area contributed by atoms with E-state index in [-0.39, 0.29) is 5.41 Å². The number of benzene rings is 6. The Morgan fingerprint density at radius 1 is 0.429 bits per heavy atom. The van der Waals surface area contributed by atoms with Crippen molar-refractivity contribution in [2.24, 2.45) is 0 Å². The van der Waals surface area contributed by atoms with E-state index in [9.17, 15) is 0 Å². The Morgan fingerprint density at radius 2 is 0.980 bits per heavy atom. The molecule has 0 unspecified atom stereocenters. The molecule has 49 heavy (non-hydrogen) atoms. The van der Waals surface area contributed by atoms with Gasteiger partial charge < -0.3 is 0 Å². The summed E-state index contributed by atoms with van der Waals surface area (Å²) in [5.74, 6) is 0.706. The number of rotatable bonds is 5. The van der Waals surface area contributed by atoms with Gasteiger partial charge in [0.2, 0.25) is 0 Å². The average Bonchev–Trinajstić information content (AvgIpc) is 3.41. The van der Waals surface area contributed by atoms with Crippen LogP contribution in [0.15, 0.2) is 164 Å². The average molecular weight is 628 g/mol. The lowest BCUT2D eigenvalue weighted by atomic mass is 9.82. The molecule has 3 heteroatoms. The van der Waals surface area contributed by atoms with Gasteiger partial charge in [0.15, 0.2) is 5.82 Å². The van der Waals surface area contributed by atoms with Crippen molar-refractivity contribution >= 4 is 10.8 Å². The molecular weight excluding hydrogens is 595 g/mol. The first-order chi connectivity index (χ1) is 24.0. The SMILES string of the molecule is CC1(C)c2ccc(-c3cc(-c4ccc(-c5ccncc5)cc4)nc(-c4ccc(-c5ccccc5)cc4)n3)cc2-c2c1ccc1ccccc21. The zero-order chi connectivity index (χ0) is 33.0. The molecule has 0 spiro atoms. The predicted octanol–water partition coefficient (Wildman–Crippen LogP) is 11.7. The van der Waals surface area contributed by atoms with E-state index in [1.807, 2.05) is 30.6 Å². The summed E-state index contributed by atoms with van der Waals surface area (Å²) in [5, 5.41) is 2.55. The topological polar surface area (TPSA) is 38.7 Å². The Bertz CT molecular complexity index is 2380. The van der Waals surface area contributed by atoms with Gasteiger partial charge >= 0.3 is 0 Å². The van der Waals surface area contributed by atoms with Crippen LogP contribution < -0.4 is 0 Å². The van der Waals surface area contributed by atoms with Crippen LogP contribution in [-0.4, -0.2) is 15.0 Å². The molecule has 1 aliphatic carbocycles. The number of hydrogen-bond acceptors (Lipinski definition) is 3. The van der Waals surface area contributed by atoms with E-state index in [0.29, 0.717) is 5.82 Å². The summed E-state index contributed by atoms with van der Waals surface area (Å²) in [6.07, 6.45) is 3.66. The van der Waals surface area contributed by atoms with Crippen LogP contribution in [0.1, 0.15) is 25.0 Å². The Hall–Kier alpha value is -6.19. The summed E-state index contributed by atoms with van der Waals surface area (Å²) in [6, 6.07) is 54.0. The lowest BCUT2D eigenvalue weighted by Crippen LogP contribution is -2.14. The van der Waals surface area contributed by atoms with E-state index in [1.165, 1.54) is 44.2 Å². The third kappa shape index (κ3) is 5.03. The second-order valence-electron chi connectivity index (χ2n) is 13.3. The van der Waals surface area contributed by atoms with Crippen molar-refractivity contribution in [3.63, 3.8) is 0 Å². The maximum Gasteiger partial charge on any atom is 0.160 e. The van der Waals surface area contributed by atoms with Crippen molar-refractivity contribution in [1.29, 1.82) is 0 Å². The highest BCUT2D eigenvalue weighted by Gasteiger charge is 2.36. The molecule has 3 nitrogen and oxygen atoms in total. The van der Waals surface area contributed by atoms with E-state index in [2.05, 4.69) is 152 Å². The van der Waals surface area contributed by atoms with Crippen molar-refractivity contribution < 1.29 is 0 Å². The van der Waals surface area contributed by atoms with Crippen molar-refractivity contribution in [3.05, 3.63) is 175 Å². The van der Waals surface area contributed by atoms with Crippen LogP contribution in [0.2, 0.25) is 0 Å². The summed E-state index contributed by atoms with van der Waals surface area (Å²) in [4.78, 5) is 14.6. The van der Waals surface area contributed by atoms with Crippen molar-refractivity contribution in [2.45, 2.75) is 19.3 Å². The second kappa shape index (κ2) is 11.5. The van der Waals surface area contributed by atoms with E-state index < -0.39 is 0 Å². The molecule has 0 bridgehead atoms. The number of fused-ring (bicyclic) bond motifs is 5. The molecule has 232 valence electrons. The summed E-state index contributed by atoms with van der Waals surface area (Å²) >= 11 is 0. The Kier molecular flexibility index (Phi) is 6.80. The highest BCUT2D eigenvalue weighted by molar-refractivity contribution is 6.03. The summed E-state index contributed by atoms with van der Waals surface area (Å²) in [6.45, 7) is 4.67. The van der Waals surface area contributed by atoms with Gasteiger partial charge in [-0.25, -0.2) is 9.97 Å². The number of hydrogen-bond donors (Lipinski definition) is 0. The fourth-order valence-electron chi connectivity index (χ4n) is 7.38. The van der Waals surface area contributed by atoms with Gasteiger partial charge in [-0.3, -0.25) is 4.98 Å². The van der Waals surface area contributed by atoms with Crippen LogP contribution in [0.25, 0.3) is 78.1 Å². The molecule has 6 aromatic carbocycles. The molecule has 8 aromatic rings. The third-order valence-electron chi connectivity index (χ3n) is 10.0. The van der Waals surface area contributed by atoms with Gasteiger partial charge in [-0.15, -0.1) is 0 Å². The molecule has 0 fully saturated rings. The van der Waals surface area contributed by atoms with Gasteiger partial charge in [0, 0.05) is 34.5 Å². The molecule has 1 aliphatic rings. The quantitative estimate of drug-likeness (QED) is 0.191.